The number of pyridine rings is 2. The van der Waals surface area contributed by atoms with Crippen LogP contribution in [0.15, 0.2) is 71.9 Å². The molecule has 5 rings (SSSR count). The standard InChI is InChI=1S/C29H31N5O2/c1-20-11-13-31-21(2)27(20)29(35)33-15-22-6-3-7-23(14-22)17-34(18-25-16-30-19-36-25)26-10-4-8-24-9-5-12-32-28(24)26/h3,5-7,9,11-14,16,19,26H,4,8,10,15,17-18H2,1-2H3,(H,33,35). The van der Waals surface area contributed by atoms with Gasteiger partial charge in [0.1, 0.15) is 5.76 Å². The van der Waals surface area contributed by atoms with Crippen LogP contribution in [0.4, 0.5) is 0 Å². The Morgan fingerprint density at radius 2 is 1.97 bits per heavy atom. The van der Waals surface area contributed by atoms with Gasteiger partial charge in [-0.2, -0.15) is 0 Å². The Bertz CT molecular complexity index is 1320. The van der Waals surface area contributed by atoms with Gasteiger partial charge in [0, 0.05) is 25.5 Å². The minimum Gasteiger partial charge on any atom is -0.447 e. The number of hydrogen-bond acceptors (Lipinski definition) is 6. The van der Waals surface area contributed by atoms with Crippen molar-refractivity contribution in [2.75, 3.05) is 0 Å². The first-order valence-electron chi connectivity index (χ1n) is 12.4. The summed E-state index contributed by atoms with van der Waals surface area (Å²) in [5, 5.41) is 3.06. The zero-order chi connectivity index (χ0) is 24.9. The van der Waals surface area contributed by atoms with Crippen molar-refractivity contribution in [2.24, 2.45) is 0 Å². The molecule has 0 fully saturated rings. The average molecular weight is 482 g/mol. The number of carbonyl (C=O) groups is 1. The lowest BCUT2D eigenvalue weighted by molar-refractivity contribution is 0.0949. The molecule has 1 unspecified atom stereocenters. The molecule has 0 bridgehead atoms. The van der Waals surface area contributed by atoms with E-state index < -0.39 is 0 Å². The highest BCUT2D eigenvalue weighted by atomic mass is 16.3. The predicted octanol–water partition coefficient (Wildman–Crippen LogP) is 5.09. The molecule has 0 saturated carbocycles. The topological polar surface area (TPSA) is 84.2 Å². The van der Waals surface area contributed by atoms with Gasteiger partial charge in [-0.15, -0.1) is 0 Å². The molecule has 1 amide bonds. The molecule has 184 valence electrons. The first-order chi connectivity index (χ1) is 17.6. The molecule has 4 aromatic rings. The molecule has 1 atom stereocenters. The number of aromatic nitrogens is 3. The highest BCUT2D eigenvalue weighted by Gasteiger charge is 2.28. The van der Waals surface area contributed by atoms with Gasteiger partial charge in [-0.05, 0) is 67.5 Å². The fourth-order valence-corrected chi connectivity index (χ4v) is 5.12. The normalized spacial score (nSPS) is 15.0. The van der Waals surface area contributed by atoms with Crippen LogP contribution in [0.25, 0.3) is 0 Å². The zero-order valence-corrected chi connectivity index (χ0v) is 20.8. The van der Waals surface area contributed by atoms with Gasteiger partial charge in [0.15, 0.2) is 6.39 Å². The van der Waals surface area contributed by atoms with Gasteiger partial charge in [-0.25, -0.2) is 4.98 Å². The van der Waals surface area contributed by atoms with Gasteiger partial charge in [0.05, 0.1) is 35.7 Å². The first kappa shape index (κ1) is 23.9. The number of hydrogen-bond donors (Lipinski definition) is 1. The molecule has 36 heavy (non-hydrogen) atoms. The van der Waals surface area contributed by atoms with Crippen molar-refractivity contribution in [3.05, 3.63) is 112 Å². The van der Waals surface area contributed by atoms with Crippen LogP contribution in [0.1, 0.15) is 68.6 Å². The molecule has 1 N–H and O–H groups in total. The second-order valence-electron chi connectivity index (χ2n) is 9.42. The van der Waals surface area contributed by atoms with Crippen molar-refractivity contribution in [1.29, 1.82) is 0 Å². The summed E-state index contributed by atoms with van der Waals surface area (Å²) in [7, 11) is 0. The lowest BCUT2D eigenvalue weighted by atomic mass is 9.90. The van der Waals surface area contributed by atoms with E-state index in [1.165, 1.54) is 17.5 Å². The van der Waals surface area contributed by atoms with E-state index in [-0.39, 0.29) is 11.9 Å². The summed E-state index contributed by atoms with van der Waals surface area (Å²) >= 11 is 0. The maximum atomic E-state index is 12.8. The van der Waals surface area contributed by atoms with Crippen LogP contribution in [-0.4, -0.2) is 25.8 Å². The van der Waals surface area contributed by atoms with Crippen LogP contribution < -0.4 is 5.32 Å². The number of carbonyl (C=O) groups excluding carboxylic acids is 1. The van der Waals surface area contributed by atoms with E-state index in [0.717, 1.165) is 54.1 Å². The molecule has 7 heteroatoms. The Labute approximate surface area is 211 Å². The molecule has 7 nitrogen and oxygen atoms in total. The average Bonchev–Trinajstić information content (AvgIpc) is 3.40. The Kier molecular flexibility index (Phi) is 7.18. The number of benzene rings is 1. The third-order valence-corrected chi connectivity index (χ3v) is 6.85. The maximum absolute atomic E-state index is 12.8. The SMILES string of the molecule is Cc1ccnc(C)c1C(=O)NCc1cccc(CN(Cc2cnco2)C2CCCc3cccnc32)c1. The van der Waals surface area contributed by atoms with Crippen LogP contribution in [0.2, 0.25) is 0 Å². The number of oxazole rings is 1. The van der Waals surface area contributed by atoms with Gasteiger partial charge in [-0.1, -0.05) is 30.3 Å². The quantitative estimate of drug-likeness (QED) is 0.377. The zero-order valence-electron chi connectivity index (χ0n) is 20.8. The molecule has 3 aromatic heterocycles. The number of nitrogens with zero attached hydrogens (tertiary/aromatic N) is 4. The van der Waals surface area contributed by atoms with Gasteiger partial charge in [0.2, 0.25) is 0 Å². The molecule has 0 aliphatic heterocycles. The fraction of sp³-hybridized carbons (Fsp3) is 0.310. The van der Waals surface area contributed by atoms with Crippen LogP contribution in [-0.2, 0) is 26.1 Å². The summed E-state index contributed by atoms with van der Waals surface area (Å²) in [4.78, 5) is 28.4. The smallest absolute Gasteiger partial charge is 0.253 e. The minimum absolute atomic E-state index is 0.0969. The molecule has 0 spiro atoms. The summed E-state index contributed by atoms with van der Waals surface area (Å²) in [6, 6.07) is 14.7. The third-order valence-electron chi connectivity index (χ3n) is 6.85. The molecular weight excluding hydrogens is 450 g/mol. The Morgan fingerprint density at radius 3 is 2.81 bits per heavy atom. The largest absolute Gasteiger partial charge is 0.447 e. The summed E-state index contributed by atoms with van der Waals surface area (Å²) in [5.41, 5.74) is 7.04. The second kappa shape index (κ2) is 10.8. The van der Waals surface area contributed by atoms with Crippen molar-refractivity contribution in [3.63, 3.8) is 0 Å². The number of aryl methyl sites for hydroxylation is 3. The van der Waals surface area contributed by atoms with Gasteiger partial charge < -0.3 is 9.73 Å². The van der Waals surface area contributed by atoms with Crippen LogP contribution >= 0.6 is 0 Å². The number of nitrogens with one attached hydrogen (secondary N) is 1. The lowest BCUT2D eigenvalue weighted by Crippen LogP contribution is -2.31. The molecule has 0 radical (unpaired) electrons. The lowest BCUT2D eigenvalue weighted by Gasteiger charge is -2.34. The molecule has 3 heterocycles. The van der Waals surface area contributed by atoms with E-state index in [4.69, 9.17) is 9.40 Å². The van der Waals surface area contributed by atoms with Crippen molar-refractivity contribution >= 4 is 5.91 Å². The molecule has 1 aromatic carbocycles. The van der Waals surface area contributed by atoms with Crippen LogP contribution in [0.3, 0.4) is 0 Å². The van der Waals surface area contributed by atoms with E-state index in [0.29, 0.717) is 18.7 Å². The number of rotatable bonds is 8. The van der Waals surface area contributed by atoms with Gasteiger partial charge in [0.25, 0.3) is 5.91 Å². The maximum Gasteiger partial charge on any atom is 0.253 e. The van der Waals surface area contributed by atoms with Gasteiger partial charge in [-0.3, -0.25) is 19.7 Å². The second-order valence-corrected chi connectivity index (χ2v) is 9.42. The van der Waals surface area contributed by atoms with Crippen molar-refractivity contribution in [1.82, 2.24) is 25.2 Å². The Balaban J connectivity index is 1.33. The summed E-state index contributed by atoms with van der Waals surface area (Å²) < 4.78 is 5.60. The molecule has 0 saturated heterocycles. The first-order valence-corrected chi connectivity index (χ1v) is 12.4. The molecule has 1 aliphatic carbocycles. The van der Waals surface area contributed by atoms with E-state index >= 15 is 0 Å². The third kappa shape index (κ3) is 5.36. The highest BCUT2D eigenvalue weighted by Crippen LogP contribution is 2.34. The van der Waals surface area contributed by atoms with E-state index in [1.54, 1.807) is 12.4 Å². The highest BCUT2D eigenvalue weighted by molar-refractivity contribution is 5.96. The Hall–Kier alpha value is -3.84. The predicted molar refractivity (Wildman–Crippen MR) is 137 cm³/mol. The fourth-order valence-electron chi connectivity index (χ4n) is 5.12. The summed E-state index contributed by atoms with van der Waals surface area (Å²) in [6.07, 6.45) is 10.1. The summed E-state index contributed by atoms with van der Waals surface area (Å²) in [5.74, 6) is 0.740. The minimum atomic E-state index is -0.0969. The molecule has 1 aliphatic rings. The van der Waals surface area contributed by atoms with E-state index in [1.807, 2.05) is 38.2 Å². The summed E-state index contributed by atoms with van der Waals surface area (Å²) in [6.45, 7) is 5.65. The number of amides is 1. The van der Waals surface area contributed by atoms with E-state index in [2.05, 4.69) is 44.5 Å². The van der Waals surface area contributed by atoms with Crippen molar-refractivity contribution < 1.29 is 9.21 Å². The van der Waals surface area contributed by atoms with Crippen molar-refractivity contribution in [2.45, 2.75) is 58.8 Å². The number of fused-ring (bicyclic) bond motifs is 1. The Morgan fingerprint density at radius 1 is 1.08 bits per heavy atom. The van der Waals surface area contributed by atoms with E-state index in [9.17, 15) is 4.79 Å². The molecular formula is C29H31N5O2. The van der Waals surface area contributed by atoms with Gasteiger partial charge >= 0.3 is 0 Å². The van der Waals surface area contributed by atoms with Crippen LogP contribution in [0.5, 0.6) is 0 Å². The monoisotopic (exact) mass is 481 g/mol. The van der Waals surface area contributed by atoms with Crippen molar-refractivity contribution in [3.8, 4) is 0 Å². The van der Waals surface area contributed by atoms with Crippen LogP contribution in [0, 0.1) is 13.8 Å².